The monoisotopic (exact) mass is 294 g/mol. The Hall–Kier alpha value is -1.13. The highest BCUT2D eigenvalue weighted by Crippen LogP contribution is 2.34. The van der Waals surface area contributed by atoms with Gasteiger partial charge in [0, 0.05) is 11.4 Å². The number of anilines is 1. The summed E-state index contributed by atoms with van der Waals surface area (Å²) < 4.78 is 0. The van der Waals surface area contributed by atoms with Gasteiger partial charge in [-0.1, -0.05) is 18.2 Å². The minimum Gasteiger partial charge on any atom is -0.358 e. The van der Waals surface area contributed by atoms with Gasteiger partial charge >= 0.3 is 0 Å². The van der Waals surface area contributed by atoms with Gasteiger partial charge in [-0.25, -0.2) is 0 Å². The van der Waals surface area contributed by atoms with Gasteiger partial charge in [-0.15, -0.1) is 11.6 Å². The van der Waals surface area contributed by atoms with Gasteiger partial charge in [-0.3, -0.25) is 9.69 Å². The Morgan fingerprint density at radius 1 is 1.26 bits per heavy atom. The highest BCUT2D eigenvalue weighted by molar-refractivity contribution is 7.80. The number of fused-ring (bicyclic) bond motifs is 1. The Labute approximate surface area is 122 Å². The number of carbonyl (C=O) groups excluding carboxylic acids is 1. The van der Waals surface area contributed by atoms with Gasteiger partial charge in [0.25, 0.3) is 0 Å². The molecule has 2 fully saturated rings. The van der Waals surface area contributed by atoms with Gasteiger partial charge < -0.3 is 5.32 Å². The predicted molar refractivity (Wildman–Crippen MR) is 80.4 cm³/mol. The maximum absolute atomic E-state index is 12.7. The zero-order valence-corrected chi connectivity index (χ0v) is 12.0. The highest BCUT2D eigenvalue weighted by Gasteiger charge is 2.45. The van der Waals surface area contributed by atoms with Crippen LogP contribution in [0, 0.1) is 5.92 Å². The van der Waals surface area contributed by atoms with Crippen molar-refractivity contribution in [2.75, 3.05) is 4.90 Å². The quantitative estimate of drug-likeness (QED) is 0.638. The third-order valence-electron chi connectivity index (χ3n) is 3.85. The van der Waals surface area contributed by atoms with Crippen molar-refractivity contribution in [2.45, 2.75) is 30.7 Å². The van der Waals surface area contributed by atoms with E-state index in [2.05, 4.69) is 5.32 Å². The third kappa shape index (κ3) is 2.23. The standard InChI is InChI=1S/C14H15ClN2OS/c15-10-7-4-8-11-12(10)13(18)17(14(19)16-11)9-5-2-1-3-6-9/h1-3,5-6,10-12H,4,7-8H2,(H,16,19). The van der Waals surface area contributed by atoms with E-state index in [-0.39, 0.29) is 23.2 Å². The van der Waals surface area contributed by atoms with Gasteiger partial charge in [0.05, 0.1) is 11.6 Å². The molecule has 0 radical (unpaired) electrons. The Morgan fingerprint density at radius 2 is 2.00 bits per heavy atom. The number of hydrogen-bond acceptors (Lipinski definition) is 2. The van der Waals surface area contributed by atoms with Crippen LogP contribution in [0.5, 0.6) is 0 Å². The first-order valence-corrected chi connectivity index (χ1v) is 7.36. The maximum atomic E-state index is 12.7. The van der Waals surface area contributed by atoms with E-state index in [1.165, 1.54) is 0 Å². The number of rotatable bonds is 1. The van der Waals surface area contributed by atoms with E-state index in [4.69, 9.17) is 23.8 Å². The van der Waals surface area contributed by atoms with Gasteiger partial charge in [0.1, 0.15) is 0 Å². The molecule has 1 saturated carbocycles. The zero-order chi connectivity index (χ0) is 13.4. The number of alkyl halides is 1. The molecule has 0 aromatic heterocycles. The largest absolute Gasteiger partial charge is 0.358 e. The first-order valence-electron chi connectivity index (χ1n) is 6.52. The number of nitrogens with one attached hydrogen (secondary N) is 1. The molecule has 2 aliphatic rings. The first-order chi connectivity index (χ1) is 9.18. The van der Waals surface area contributed by atoms with Crippen molar-refractivity contribution in [1.29, 1.82) is 0 Å². The third-order valence-corrected chi connectivity index (χ3v) is 4.64. The van der Waals surface area contributed by atoms with Crippen LogP contribution in [0.4, 0.5) is 5.69 Å². The molecule has 0 bridgehead atoms. The normalized spacial score (nSPS) is 30.8. The Bertz CT molecular complexity index is 507. The molecule has 1 N–H and O–H groups in total. The summed E-state index contributed by atoms with van der Waals surface area (Å²) in [6.45, 7) is 0. The molecule has 1 aromatic carbocycles. The predicted octanol–water partition coefficient (Wildman–Crippen LogP) is 2.68. The minimum absolute atomic E-state index is 0.0275. The van der Waals surface area contributed by atoms with Crippen LogP contribution < -0.4 is 10.2 Å². The second kappa shape index (κ2) is 5.10. The molecule has 1 amide bonds. The van der Waals surface area contributed by atoms with Crippen molar-refractivity contribution >= 4 is 40.5 Å². The molecule has 3 unspecified atom stereocenters. The molecule has 100 valence electrons. The molecule has 1 heterocycles. The summed E-state index contributed by atoms with van der Waals surface area (Å²) in [6, 6.07) is 9.59. The Morgan fingerprint density at radius 3 is 2.74 bits per heavy atom. The van der Waals surface area contributed by atoms with E-state index in [1.807, 2.05) is 30.3 Å². The van der Waals surface area contributed by atoms with Gasteiger partial charge in [-0.2, -0.15) is 0 Å². The van der Waals surface area contributed by atoms with Crippen molar-refractivity contribution in [3.8, 4) is 0 Å². The lowest BCUT2D eigenvalue weighted by Gasteiger charge is -2.43. The molecule has 1 saturated heterocycles. The summed E-state index contributed by atoms with van der Waals surface area (Å²) >= 11 is 11.7. The maximum Gasteiger partial charge on any atom is 0.240 e. The lowest BCUT2D eigenvalue weighted by atomic mass is 9.82. The van der Waals surface area contributed by atoms with Crippen LogP contribution in [0.1, 0.15) is 19.3 Å². The Kier molecular flexibility index (Phi) is 3.46. The average Bonchev–Trinajstić information content (AvgIpc) is 2.39. The van der Waals surface area contributed by atoms with Crippen molar-refractivity contribution in [3.05, 3.63) is 30.3 Å². The number of benzene rings is 1. The summed E-state index contributed by atoms with van der Waals surface area (Å²) in [5.41, 5.74) is 0.804. The van der Waals surface area contributed by atoms with E-state index in [1.54, 1.807) is 4.90 Å². The molecule has 1 aromatic rings. The number of thiocarbonyl (C=S) groups is 1. The summed E-state index contributed by atoms with van der Waals surface area (Å²) in [5.74, 6) is -0.151. The van der Waals surface area contributed by atoms with Crippen LogP contribution in [0.3, 0.4) is 0 Å². The average molecular weight is 295 g/mol. The van der Waals surface area contributed by atoms with Crippen molar-refractivity contribution in [3.63, 3.8) is 0 Å². The molecule has 3 atom stereocenters. The van der Waals surface area contributed by atoms with Gasteiger partial charge in [-0.05, 0) is 43.6 Å². The Balaban J connectivity index is 1.94. The van der Waals surface area contributed by atoms with Crippen LogP contribution in [0.2, 0.25) is 0 Å². The first kappa shape index (κ1) is 12.9. The molecule has 5 heteroatoms. The number of carbonyl (C=O) groups is 1. The topological polar surface area (TPSA) is 32.3 Å². The molecule has 19 heavy (non-hydrogen) atoms. The van der Waals surface area contributed by atoms with E-state index in [9.17, 15) is 4.79 Å². The van der Waals surface area contributed by atoms with Gasteiger partial charge in [0.15, 0.2) is 5.11 Å². The highest BCUT2D eigenvalue weighted by atomic mass is 35.5. The molecule has 3 rings (SSSR count). The fourth-order valence-corrected chi connectivity index (χ4v) is 3.71. The molecule has 1 aliphatic carbocycles. The number of amides is 1. The van der Waals surface area contributed by atoms with Gasteiger partial charge in [0.2, 0.25) is 5.91 Å². The summed E-state index contributed by atoms with van der Waals surface area (Å²) in [7, 11) is 0. The summed E-state index contributed by atoms with van der Waals surface area (Å²) in [6.07, 6.45) is 2.90. The zero-order valence-electron chi connectivity index (χ0n) is 10.4. The fraction of sp³-hybridized carbons (Fsp3) is 0.429. The number of nitrogens with zero attached hydrogens (tertiary/aromatic N) is 1. The smallest absolute Gasteiger partial charge is 0.240 e. The molecular weight excluding hydrogens is 280 g/mol. The SMILES string of the molecule is O=C1C2C(Cl)CCCC2NC(=S)N1c1ccccc1. The van der Waals surface area contributed by atoms with Crippen molar-refractivity contribution in [1.82, 2.24) is 5.32 Å². The second-order valence-corrected chi connectivity index (χ2v) is 5.99. The fourth-order valence-electron chi connectivity index (χ4n) is 2.93. The van der Waals surface area contributed by atoms with Crippen LogP contribution in [0.25, 0.3) is 0 Å². The van der Waals surface area contributed by atoms with Crippen LogP contribution in [-0.2, 0) is 4.79 Å². The lowest BCUT2D eigenvalue weighted by Crippen LogP contribution is -2.63. The van der Waals surface area contributed by atoms with Crippen LogP contribution in [0.15, 0.2) is 30.3 Å². The van der Waals surface area contributed by atoms with Crippen LogP contribution >= 0.6 is 23.8 Å². The molecular formula is C14H15ClN2OS. The summed E-state index contributed by atoms with van der Waals surface area (Å²) in [4.78, 5) is 14.3. The number of para-hydroxylation sites is 1. The lowest BCUT2D eigenvalue weighted by molar-refractivity contribution is -0.123. The van der Waals surface area contributed by atoms with Crippen molar-refractivity contribution in [2.24, 2.45) is 5.92 Å². The van der Waals surface area contributed by atoms with E-state index < -0.39 is 0 Å². The molecule has 0 spiro atoms. The van der Waals surface area contributed by atoms with Crippen molar-refractivity contribution < 1.29 is 4.79 Å². The molecule has 3 nitrogen and oxygen atoms in total. The van der Waals surface area contributed by atoms with E-state index in [0.29, 0.717) is 5.11 Å². The summed E-state index contributed by atoms with van der Waals surface area (Å²) in [5, 5.41) is 3.67. The number of hydrogen-bond donors (Lipinski definition) is 1. The van der Waals surface area contributed by atoms with Crippen LogP contribution in [-0.4, -0.2) is 22.4 Å². The van der Waals surface area contributed by atoms with E-state index in [0.717, 1.165) is 24.9 Å². The minimum atomic E-state index is -0.178. The number of halogens is 1. The van der Waals surface area contributed by atoms with E-state index >= 15 is 0 Å². The molecule has 1 aliphatic heterocycles. The second-order valence-electron chi connectivity index (χ2n) is 5.04.